The van der Waals surface area contributed by atoms with Gasteiger partial charge in [0, 0.05) is 0 Å². The molecule has 1 aromatic carbocycles. The molecule has 0 unspecified atom stereocenters. The molecule has 1 heterocycles. The van der Waals surface area contributed by atoms with Crippen molar-refractivity contribution in [2.75, 3.05) is 5.32 Å². The number of amides is 1. The Morgan fingerprint density at radius 1 is 1.30 bits per heavy atom. The lowest BCUT2D eigenvalue weighted by molar-refractivity contribution is -0.122. The summed E-state index contributed by atoms with van der Waals surface area (Å²) in [6.07, 6.45) is -0.647. The summed E-state index contributed by atoms with van der Waals surface area (Å²) in [5.41, 5.74) is 2.66. The molecular weight excluding hydrogens is 258 g/mol. The third-order valence-electron chi connectivity index (χ3n) is 3.12. The number of nitrogens with one attached hydrogen (secondary N) is 1. The van der Waals surface area contributed by atoms with E-state index in [4.69, 9.17) is 4.74 Å². The Balaban J connectivity index is 2.04. The highest BCUT2D eigenvalue weighted by molar-refractivity contribution is 5.93. The summed E-state index contributed by atoms with van der Waals surface area (Å²) in [5, 5.41) is 9.81. The molecule has 0 aliphatic rings. The van der Waals surface area contributed by atoms with Crippen LogP contribution in [0.1, 0.15) is 23.7 Å². The second-order valence-electron chi connectivity index (χ2n) is 4.65. The molecular formula is C14H17N3O3. The number of rotatable bonds is 4. The van der Waals surface area contributed by atoms with Gasteiger partial charge >= 0.3 is 0 Å². The number of hydrogen-bond donors (Lipinski definition) is 1. The van der Waals surface area contributed by atoms with Crippen LogP contribution >= 0.6 is 0 Å². The topological polar surface area (TPSA) is 77.2 Å². The van der Waals surface area contributed by atoms with Gasteiger partial charge in [-0.25, -0.2) is 4.63 Å². The molecule has 0 aliphatic heterocycles. The third-order valence-corrected chi connectivity index (χ3v) is 3.12. The van der Waals surface area contributed by atoms with Gasteiger partial charge in [0.1, 0.15) is 11.4 Å². The monoisotopic (exact) mass is 275 g/mol. The highest BCUT2D eigenvalue weighted by Gasteiger charge is 2.18. The van der Waals surface area contributed by atoms with Crippen LogP contribution in [0, 0.1) is 20.8 Å². The van der Waals surface area contributed by atoms with Gasteiger partial charge in [0.15, 0.2) is 11.9 Å². The number of aromatic nitrogens is 2. The van der Waals surface area contributed by atoms with Crippen LogP contribution in [0.2, 0.25) is 0 Å². The zero-order chi connectivity index (χ0) is 14.7. The molecule has 0 radical (unpaired) electrons. The molecule has 106 valence electrons. The van der Waals surface area contributed by atoms with Crippen molar-refractivity contribution in [2.45, 2.75) is 33.8 Å². The molecule has 0 fully saturated rings. The first-order valence-electron chi connectivity index (χ1n) is 6.32. The van der Waals surface area contributed by atoms with Crippen molar-refractivity contribution in [2.24, 2.45) is 0 Å². The Morgan fingerprint density at radius 3 is 2.70 bits per heavy atom. The molecule has 0 bridgehead atoms. The number of carbonyl (C=O) groups excluding carboxylic acids is 1. The number of benzene rings is 1. The van der Waals surface area contributed by atoms with Gasteiger partial charge < -0.3 is 10.1 Å². The lowest BCUT2D eigenvalue weighted by Gasteiger charge is -2.16. The summed E-state index contributed by atoms with van der Waals surface area (Å²) < 4.78 is 10.2. The SMILES string of the molecule is Cc1cccc(O[C@@H](C)C(=O)Nc2nonc2C)c1C. The van der Waals surface area contributed by atoms with Gasteiger partial charge in [0.2, 0.25) is 0 Å². The van der Waals surface area contributed by atoms with Crippen LogP contribution in [0.5, 0.6) is 5.75 Å². The zero-order valence-corrected chi connectivity index (χ0v) is 11.9. The number of nitrogens with zero attached hydrogens (tertiary/aromatic N) is 2. The Morgan fingerprint density at radius 2 is 2.05 bits per heavy atom. The van der Waals surface area contributed by atoms with E-state index in [0.29, 0.717) is 17.3 Å². The van der Waals surface area contributed by atoms with E-state index in [-0.39, 0.29) is 5.91 Å². The number of ether oxygens (including phenoxy) is 1. The van der Waals surface area contributed by atoms with E-state index in [0.717, 1.165) is 11.1 Å². The van der Waals surface area contributed by atoms with Crippen molar-refractivity contribution in [3.05, 3.63) is 35.0 Å². The van der Waals surface area contributed by atoms with E-state index in [9.17, 15) is 4.79 Å². The molecule has 0 spiro atoms. The minimum atomic E-state index is -0.647. The first-order valence-corrected chi connectivity index (χ1v) is 6.32. The van der Waals surface area contributed by atoms with Gasteiger partial charge in [0.25, 0.3) is 5.91 Å². The van der Waals surface area contributed by atoms with Gasteiger partial charge in [-0.05, 0) is 50.0 Å². The molecule has 1 N–H and O–H groups in total. The summed E-state index contributed by atoms with van der Waals surface area (Å²) in [5.74, 6) is 0.707. The fraction of sp³-hybridized carbons (Fsp3) is 0.357. The van der Waals surface area contributed by atoms with Gasteiger partial charge in [-0.3, -0.25) is 4.79 Å². The lowest BCUT2D eigenvalue weighted by Crippen LogP contribution is -2.30. The Hall–Kier alpha value is -2.37. The van der Waals surface area contributed by atoms with Crippen molar-refractivity contribution in [3.63, 3.8) is 0 Å². The van der Waals surface area contributed by atoms with Crippen LogP contribution in [0.3, 0.4) is 0 Å². The van der Waals surface area contributed by atoms with E-state index in [1.807, 2.05) is 32.0 Å². The number of carbonyl (C=O) groups is 1. The minimum Gasteiger partial charge on any atom is -0.481 e. The number of anilines is 1. The molecule has 1 aromatic heterocycles. The summed E-state index contributed by atoms with van der Waals surface area (Å²) in [6, 6.07) is 5.74. The molecule has 2 rings (SSSR count). The molecule has 20 heavy (non-hydrogen) atoms. The van der Waals surface area contributed by atoms with Gasteiger partial charge in [-0.15, -0.1) is 0 Å². The average Bonchev–Trinajstić information content (AvgIpc) is 2.80. The summed E-state index contributed by atoms with van der Waals surface area (Å²) in [7, 11) is 0. The standard InChI is InChI=1S/C14H17N3O3/c1-8-6-5-7-12(9(8)2)19-11(4)14(18)15-13-10(3)16-20-17-13/h5-7,11H,1-4H3,(H,15,17,18)/t11-/m0/s1. The van der Waals surface area contributed by atoms with Crippen LogP contribution in [-0.2, 0) is 4.79 Å². The normalized spacial score (nSPS) is 12.0. The summed E-state index contributed by atoms with van der Waals surface area (Å²) >= 11 is 0. The molecule has 6 heteroatoms. The first kappa shape index (κ1) is 14.0. The molecule has 1 amide bonds. The van der Waals surface area contributed by atoms with Crippen molar-refractivity contribution < 1.29 is 14.2 Å². The van der Waals surface area contributed by atoms with E-state index in [2.05, 4.69) is 20.3 Å². The van der Waals surface area contributed by atoms with Crippen molar-refractivity contribution in [1.82, 2.24) is 10.3 Å². The molecule has 6 nitrogen and oxygen atoms in total. The van der Waals surface area contributed by atoms with Crippen LogP contribution in [0.25, 0.3) is 0 Å². The lowest BCUT2D eigenvalue weighted by atomic mass is 10.1. The fourth-order valence-corrected chi connectivity index (χ4v) is 1.66. The molecule has 2 aromatic rings. The van der Waals surface area contributed by atoms with Gasteiger partial charge in [-0.2, -0.15) is 0 Å². The quantitative estimate of drug-likeness (QED) is 0.927. The Kier molecular flexibility index (Phi) is 4.02. The molecule has 0 saturated heterocycles. The molecule has 0 saturated carbocycles. The predicted octanol–water partition coefficient (Wildman–Crippen LogP) is 2.40. The number of hydrogen-bond acceptors (Lipinski definition) is 5. The van der Waals surface area contributed by atoms with E-state index in [1.165, 1.54) is 0 Å². The predicted molar refractivity (Wildman–Crippen MR) is 73.7 cm³/mol. The van der Waals surface area contributed by atoms with E-state index in [1.54, 1.807) is 13.8 Å². The highest BCUT2D eigenvalue weighted by atomic mass is 16.6. The summed E-state index contributed by atoms with van der Waals surface area (Å²) in [6.45, 7) is 7.33. The second-order valence-corrected chi connectivity index (χ2v) is 4.65. The van der Waals surface area contributed by atoms with Crippen LogP contribution in [0.15, 0.2) is 22.8 Å². The van der Waals surface area contributed by atoms with Crippen molar-refractivity contribution >= 4 is 11.7 Å². The smallest absolute Gasteiger partial charge is 0.266 e. The van der Waals surface area contributed by atoms with E-state index >= 15 is 0 Å². The maximum absolute atomic E-state index is 12.0. The van der Waals surface area contributed by atoms with Crippen molar-refractivity contribution in [1.29, 1.82) is 0 Å². The Bertz CT molecular complexity index is 622. The van der Waals surface area contributed by atoms with E-state index < -0.39 is 6.10 Å². The fourth-order valence-electron chi connectivity index (χ4n) is 1.66. The maximum atomic E-state index is 12.0. The minimum absolute atomic E-state index is 0.301. The average molecular weight is 275 g/mol. The number of aryl methyl sites for hydroxylation is 2. The first-order chi connectivity index (χ1) is 9.49. The zero-order valence-electron chi connectivity index (χ0n) is 11.9. The highest BCUT2D eigenvalue weighted by Crippen LogP contribution is 2.22. The van der Waals surface area contributed by atoms with Gasteiger partial charge in [-0.1, -0.05) is 17.3 Å². The van der Waals surface area contributed by atoms with Crippen LogP contribution in [0.4, 0.5) is 5.82 Å². The molecule has 0 aliphatic carbocycles. The summed E-state index contributed by atoms with van der Waals surface area (Å²) in [4.78, 5) is 12.0. The van der Waals surface area contributed by atoms with Gasteiger partial charge in [0.05, 0.1) is 0 Å². The van der Waals surface area contributed by atoms with Crippen LogP contribution in [-0.4, -0.2) is 22.3 Å². The molecule has 1 atom stereocenters. The second kappa shape index (κ2) is 5.73. The van der Waals surface area contributed by atoms with Crippen LogP contribution < -0.4 is 10.1 Å². The largest absolute Gasteiger partial charge is 0.481 e. The Labute approximate surface area is 117 Å². The van der Waals surface area contributed by atoms with Crippen molar-refractivity contribution in [3.8, 4) is 5.75 Å². The maximum Gasteiger partial charge on any atom is 0.266 e. The third kappa shape index (κ3) is 2.96.